The van der Waals surface area contributed by atoms with E-state index in [1.807, 2.05) is 6.08 Å². The minimum Gasteiger partial charge on any atom is -0.478 e. The Hall–Kier alpha value is -2.44. The fourth-order valence-corrected chi connectivity index (χ4v) is 1.74. The van der Waals surface area contributed by atoms with Crippen LogP contribution >= 0.6 is 0 Å². The van der Waals surface area contributed by atoms with Crippen molar-refractivity contribution in [1.82, 2.24) is 0 Å². The summed E-state index contributed by atoms with van der Waals surface area (Å²) in [6, 6.07) is -0.603. The number of nitro groups is 1. The molecule has 0 spiro atoms. The number of hydrogen-bond donors (Lipinski definition) is 1. The van der Waals surface area contributed by atoms with E-state index < -0.39 is 18.0 Å². The second-order valence-electron chi connectivity index (χ2n) is 4.20. The van der Waals surface area contributed by atoms with Crippen LogP contribution in [0.3, 0.4) is 0 Å². The molecule has 1 N–H and O–H groups in total. The van der Waals surface area contributed by atoms with E-state index >= 15 is 0 Å². The summed E-state index contributed by atoms with van der Waals surface area (Å²) in [7, 11) is 0. The Balaban J connectivity index is 2.39. The van der Waals surface area contributed by atoms with Gasteiger partial charge in [0.25, 0.3) is 0 Å². The van der Waals surface area contributed by atoms with E-state index in [4.69, 9.17) is 9.84 Å². The third-order valence-electron chi connectivity index (χ3n) is 2.69. The van der Waals surface area contributed by atoms with Gasteiger partial charge in [-0.15, -0.1) is 0 Å². The lowest BCUT2D eigenvalue weighted by Crippen LogP contribution is -2.21. The van der Waals surface area contributed by atoms with E-state index in [0.29, 0.717) is 19.3 Å². The highest BCUT2D eigenvalue weighted by Crippen LogP contribution is 2.21. The number of ether oxygens (including phenoxy) is 1. The number of hydrogen-bond acceptors (Lipinski definition) is 5. The summed E-state index contributed by atoms with van der Waals surface area (Å²) in [6.07, 6.45) is 8.04. The molecule has 7 nitrogen and oxygen atoms in total. The van der Waals surface area contributed by atoms with Gasteiger partial charge in [0.2, 0.25) is 6.04 Å². The second-order valence-corrected chi connectivity index (χ2v) is 4.20. The predicted octanol–water partition coefficient (Wildman–Crippen LogP) is 1.48. The van der Waals surface area contributed by atoms with Gasteiger partial charge in [-0.25, -0.2) is 9.59 Å². The quantitative estimate of drug-likeness (QED) is 0.342. The third kappa shape index (κ3) is 5.94. The smallest absolute Gasteiger partial charge is 0.331 e. The van der Waals surface area contributed by atoms with Gasteiger partial charge in [-0.1, -0.05) is 12.2 Å². The van der Waals surface area contributed by atoms with E-state index in [1.54, 1.807) is 0 Å². The zero-order valence-corrected chi connectivity index (χ0v) is 10.7. The number of carboxylic acids is 1. The van der Waals surface area contributed by atoms with Crippen LogP contribution in [0, 0.1) is 10.1 Å². The minimum atomic E-state index is -1.12. The van der Waals surface area contributed by atoms with Crippen molar-refractivity contribution in [3.63, 3.8) is 0 Å². The highest BCUT2D eigenvalue weighted by atomic mass is 16.6. The number of allylic oxidation sites excluding steroid dienone is 2. The van der Waals surface area contributed by atoms with Gasteiger partial charge >= 0.3 is 11.9 Å². The van der Waals surface area contributed by atoms with Crippen molar-refractivity contribution in [2.45, 2.75) is 25.3 Å². The van der Waals surface area contributed by atoms with Crippen molar-refractivity contribution in [3.05, 3.63) is 46.1 Å². The molecule has 1 atom stereocenters. The molecule has 1 rings (SSSR count). The Morgan fingerprint density at radius 2 is 2.25 bits per heavy atom. The molecule has 0 aromatic rings. The standard InChI is InChI=1S/C13H15NO6/c15-12(16)5-2-8-20-13(17)7-6-10-3-1-4-11(9-10)14(18)19/h2-3,5-7,11H,1,4,8-9H2,(H,15,16)/b5-2-,7-6+. The maximum atomic E-state index is 11.3. The molecule has 20 heavy (non-hydrogen) atoms. The molecule has 0 aromatic carbocycles. The Labute approximate surface area is 115 Å². The fourth-order valence-electron chi connectivity index (χ4n) is 1.74. The largest absolute Gasteiger partial charge is 0.478 e. The molecule has 0 aromatic heterocycles. The summed E-state index contributed by atoms with van der Waals surface area (Å²) in [5.41, 5.74) is 0.732. The molecule has 0 saturated heterocycles. The first-order chi connectivity index (χ1) is 9.49. The number of nitrogens with zero attached hydrogens (tertiary/aromatic N) is 1. The Morgan fingerprint density at radius 3 is 2.90 bits per heavy atom. The van der Waals surface area contributed by atoms with Crippen LogP contribution in [0.2, 0.25) is 0 Å². The summed E-state index contributed by atoms with van der Waals surface area (Å²) < 4.78 is 4.72. The predicted molar refractivity (Wildman–Crippen MR) is 69.6 cm³/mol. The first-order valence-electron chi connectivity index (χ1n) is 6.06. The fraction of sp³-hybridized carbons (Fsp3) is 0.385. The van der Waals surface area contributed by atoms with Gasteiger partial charge in [0.05, 0.1) is 0 Å². The molecule has 108 valence electrons. The van der Waals surface area contributed by atoms with Gasteiger partial charge in [0.15, 0.2) is 0 Å². The monoisotopic (exact) mass is 281 g/mol. The number of rotatable bonds is 6. The van der Waals surface area contributed by atoms with Crippen LogP contribution in [0.25, 0.3) is 0 Å². The van der Waals surface area contributed by atoms with Crippen molar-refractivity contribution < 1.29 is 24.4 Å². The SMILES string of the molecule is O=C(O)/C=C\COC(=O)/C=C/C1=CCCC([N+](=O)[O-])C1. The van der Waals surface area contributed by atoms with E-state index in [2.05, 4.69) is 0 Å². The molecule has 0 fully saturated rings. The molecular weight excluding hydrogens is 266 g/mol. The first-order valence-corrected chi connectivity index (χ1v) is 6.06. The molecule has 1 unspecified atom stereocenters. The molecular formula is C13H15NO6. The number of carbonyl (C=O) groups is 2. The van der Waals surface area contributed by atoms with Gasteiger partial charge in [-0.05, 0) is 18.1 Å². The zero-order chi connectivity index (χ0) is 15.0. The summed E-state index contributed by atoms with van der Waals surface area (Å²) in [6.45, 7) is -0.133. The Morgan fingerprint density at radius 1 is 1.50 bits per heavy atom. The summed E-state index contributed by atoms with van der Waals surface area (Å²) in [5, 5.41) is 19.0. The van der Waals surface area contributed by atoms with Crippen LogP contribution in [-0.2, 0) is 14.3 Å². The lowest BCUT2D eigenvalue weighted by Gasteiger charge is -2.13. The van der Waals surface area contributed by atoms with Crippen molar-refractivity contribution >= 4 is 11.9 Å². The number of carbonyl (C=O) groups excluding carboxylic acids is 1. The number of aliphatic carboxylic acids is 1. The molecule has 1 aliphatic rings. The molecule has 0 amide bonds. The van der Waals surface area contributed by atoms with Gasteiger partial charge in [-0.2, -0.15) is 0 Å². The van der Waals surface area contributed by atoms with Crippen LogP contribution < -0.4 is 0 Å². The average molecular weight is 281 g/mol. The van der Waals surface area contributed by atoms with E-state index in [-0.39, 0.29) is 11.5 Å². The molecule has 1 aliphatic carbocycles. The van der Waals surface area contributed by atoms with Crippen molar-refractivity contribution in [2.75, 3.05) is 6.61 Å². The van der Waals surface area contributed by atoms with Gasteiger partial charge < -0.3 is 9.84 Å². The second kappa shape index (κ2) is 7.88. The van der Waals surface area contributed by atoms with Crippen molar-refractivity contribution in [3.8, 4) is 0 Å². The van der Waals surface area contributed by atoms with Crippen LogP contribution in [0.4, 0.5) is 0 Å². The van der Waals surface area contributed by atoms with Crippen molar-refractivity contribution in [2.24, 2.45) is 0 Å². The van der Waals surface area contributed by atoms with Crippen LogP contribution in [0.5, 0.6) is 0 Å². The maximum absolute atomic E-state index is 11.3. The average Bonchev–Trinajstić information content (AvgIpc) is 2.41. The van der Waals surface area contributed by atoms with Gasteiger partial charge in [0.1, 0.15) is 6.61 Å². The summed E-state index contributed by atoms with van der Waals surface area (Å²) in [4.78, 5) is 31.8. The molecule has 0 bridgehead atoms. The lowest BCUT2D eigenvalue weighted by molar-refractivity contribution is -0.523. The maximum Gasteiger partial charge on any atom is 0.331 e. The molecule has 0 radical (unpaired) electrons. The normalized spacial score (nSPS) is 19.0. The molecule has 0 aliphatic heterocycles. The van der Waals surface area contributed by atoms with Gasteiger partial charge in [0, 0.05) is 29.9 Å². The molecule has 0 saturated carbocycles. The summed E-state index contributed by atoms with van der Waals surface area (Å²) in [5.74, 6) is -1.74. The third-order valence-corrected chi connectivity index (χ3v) is 2.69. The van der Waals surface area contributed by atoms with Crippen LogP contribution in [0.15, 0.2) is 36.0 Å². The van der Waals surface area contributed by atoms with Gasteiger partial charge in [-0.3, -0.25) is 10.1 Å². The lowest BCUT2D eigenvalue weighted by atomic mass is 9.95. The first kappa shape index (κ1) is 15.6. The summed E-state index contributed by atoms with van der Waals surface area (Å²) >= 11 is 0. The number of esters is 1. The zero-order valence-electron chi connectivity index (χ0n) is 10.7. The Kier molecular flexibility index (Phi) is 6.15. The molecule has 7 heteroatoms. The van der Waals surface area contributed by atoms with Crippen LogP contribution in [-0.4, -0.2) is 34.6 Å². The Bertz CT molecular complexity index is 477. The van der Waals surface area contributed by atoms with Crippen LogP contribution in [0.1, 0.15) is 19.3 Å². The van der Waals surface area contributed by atoms with Crippen molar-refractivity contribution in [1.29, 1.82) is 0 Å². The topological polar surface area (TPSA) is 107 Å². The highest BCUT2D eigenvalue weighted by molar-refractivity contribution is 5.83. The highest BCUT2D eigenvalue weighted by Gasteiger charge is 2.23. The van der Waals surface area contributed by atoms with E-state index in [0.717, 1.165) is 11.6 Å². The van der Waals surface area contributed by atoms with E-state index in [1.165, 1.54) is 18.2 Å². The number of carboxylic acid groups (broad SMARTS) is 1. The minimum absolute atomic E-state index is 0.133. The molecule has 0 heterocycles. The van der Waals surface area contributed by atoms with E-state index in [9.17, 15) is 19.7 Å².